The number of alkyl halides is 3. The molecule has 1 unspecified atom stereocenters. The quantitative estimate of drug-likeness (QED) is 0.900. The van der Waals surface area contributed by atoms with Gasteiger partial charge in [0.1, 0.15) is 0 Å². The van der Waals surface area contributed by atoms with Crippen LogP contribution >= 0.6 is 11.3 Å². The maximum absolute atomic E-state index is 12.5. The first-order valence-corrected chi connectivity index (χ1v) is 5.82. The van der Waals surface area contributed by atoms with Crippen molar-refractivity contribution in [2.24, 2.45) is 0 Å². The summed E-state index contributed by atoms with van der Waals surface area (Å²) in [6.07, 6.45) is -4.51. The fourth-order valence-electron chi connectivity index (χ4n) is 1.49. The third-order valence-electron chi connectivity index (χ3n) is 2.23. The number of hydrogen-bond acceptors (Lipinski definition) is 3. The number of halogens is 3. The molecule has 92 valence electrons. The lowest BCUT2D eigenvalue weighted by Crippen LogP contribution is -2.03. The van der Waals surface area contributed by atoms with E-state index in [2.05, 4.69) is 4.98 Å². The largest absolute Gasteiger partial charge is 0.416 e. The zero-order valence-electron chi connectivity index (χ0n) is 8.95. The number of nitrogens with zero attached hydrogens (tertiary/aromatic N) is 1. The van der Waals surface area contributed by atoms with Crippen LogP contribution < -0.4 is 0 Å². The van der Waals surface area contributed by atoms with Crippen LogP contribution in [0.25, 0.3) is 10.2 Å². The Morgan fingerprint density at radius 1 is 1.41 bits per heavy atom. The fourth-order valence-corrected chi connectivity index (χ4v) is 2.62. The third-order valence-corrected chi connectivity index (χ3v) is 3.27. The van der Waals surface area contributed by atoms with E-state index in [1.807, 2.05) is 0 Å². The summed E-state index contributed by atoms with van der Waals surface area (Å²) in [7, 11) is 0. The van der Waals surface area contributed by atoms with Crippen molar-refractivity contribution >= 4 is 21.6 Å². The molecule has 0 aliphatic heterocycles. The predicted molar refractivity (Wildman–Crippen MR) is 60.0 cm³/mol. The van der Waals surface area contributed by atoms with Crippen molar-refractivity contribution in [3.05, 3.63) is 28.8 Å². The number of rotatable bonds is 2. The summed E-state index contributed by atoms with van der Waals surface area (Å²) in [6, 6.07) is 3.48. The molecule has 2 aromatic rings. The zero-order chi connectivity index (χ0) is 12.6. The van der Waals surface area contributed by atoms with E-state index in [4.69, 9.17) is 0 Å². The van der Waals surface area contributed by atoms with Gasteiger partial charge in [-0.3, -0.25) is 0 Å². The molecule has 1 atom stereocenters. The van der Waals surface area contributed by atoms with Gasteiger partial charge >= 0.3 is 6.18 Å². The summed E-state index contributed by atoms with van der Waals surface area (Å²) < 4.78 is 37.9. The smallest absolute Gasteiger partial charge is 0.393 e. The number of aliphatic hydroxyl groups is 1. The van der Waals surface area contributed by atoms with Gasteiger partial charge in [0.05, 0.1) is 26.9 Å². The van der Waals surface area contributed by atoms with Crippen LogP contribution in [0.3, 0.4) is 0 Å². The Bertz CT molecular complexity index is 533. The van der Waals surface area contributed by atoms with Crippen molar-refractivity contribution in [1.29, 1.82) is 0 Å². The molecule has 1 heterocycles. The Kier molecular flexibility index (Phi) is 3.09. The lowest BCUT2D eigenvalue weighted by atomic mass is 10.2. The first-order valence-electron chi connectivity index (χ1n) is 5.01. The van der Waals surface area contributed by atoms with E-state index in [-0.39, 0.29) is 0 Å². The van der Waals surface area contributed by atoms with Crippen LogP contribution in [0.1, 0.15) is 17.5 Å². The van der Waals surface area contributed by atoms with E-state index in [1.54, 1.807) is 6.92 Å². The summed E-state index contributed by atoms with van der Waals surface area (Å²) in [6.45, 7) is 1.62. The van der Waals surface area contributed by atoms with Crippen LogP contribution in [0.4, 0.5) is 13.2 Å². The van der Waals surface area contributed by atoms with Crippen LogP contribution in [0.2, 0.25) is 0 Å². The molecule has 0 amide bonds. The minimum absolute atomic E-state index is 0.362. The Labute approximate surface area is 99.7 Å². The topological polar surface area (TPSA) is 33.1 Å². The SMILES string of the molecule is CC(O)Cc1nc2ccc(C(F)(F)F)cc2s1. The second-order valence-electron chi connectivity index (χ2n) is 3.84. The highest BCUT2D eigenvalue weighted by Gasteiger charge is 2.30. The monoisotopic (exact) mass is 261 g/mol. The molecule has 1 N–H and O–H groups in total. The highest BCUT2D eigenvalue weighted by molar-refractivity contribution is 7.18. The molecule has 0 aliphatic rings. The van der Waals surface area contributed by atoms with Crippen LogP contribution in [0.5, 0.6) is 0 Å². The molecule has 0 bridgehead atoms. The van der Waals surface area contributed by atoms with E-state index in [0.29, 0.717) is 21.6 Å². The molecule has 0 radical (unpaired) electrons. The van der Waals surface area contributed by atoms with E-state index in [1.165, 1.54) is 17.4 Å². The van der Waals surface area contributed by atoms with Gasteiger partial charge < -0.3 is 5.11 Å². The summed E-state index contributed by atoms with van der Waals surface area (Å²) in [4.78, 5) is 4.17. The molecular weight excluding hydrogens is 251 g/mol. The van der Waals surface area contributed by atoms with Crippen molar-refractivity contribution in [2.45, 2.75) is 25.6 Å². The zero-order valence-corrected chi connectivity index (χ0v) is 9.77. The van der Waals surface area contributed by atoms with E-state index < -0.39 is 17.8 Å². The van der Waals surface area contributed by atoms with E-state index in [9.17, 15) is 18.3 Å². The molecule has 1 aromatic heterocycles. The van der Waals surface area contributed by atoms with Crippen molar-refractivity contribution in [3.63, 3.8) is 0 Å². The van der Waals surface area contributed by atoms with E-state index in [0.717, 1.165) is 12.1 Å². The van der Waals surface area contributed by atoms with Crippen molar-refractivity contribution < 1.29 is 18.3 Å². The Hall–Kier alpha value is -1.14. The lowest BCUT2D eigenvalue weighted by Gasteiger charge is -2.04. The number of fused-ring (bicyclic) bond motifs is 1. The number of aliphatic hydroxyl groups excluding tert-OH is 1. The Morgan fingerprint density at radius 3 is 2.71 bits per heavy atom. The second kappa shape index (κ2) is 4.27. The number of hydrogen-bond donors (Lipinski definition) is 1. The molecular formula is C11H10F3NOS. The molecule has 1 aromatic carbocycles. The summed E-state index contributed by atoms with van der Waals surface area (Å²) in [5.74, 6) is 0. The van der Waals surface area contributed by atoms with Gasteiger partial charge in [-0.1, -0.05) is 0 Å². The molecule has 0 fully saturated rings. The molecule has 0 saturated carbocycles. The molecule has 2 nitrogen and oxygen atoms in total. The number of thiazole rings is 1. The third kappa shape index (κ3) is 2.76. The summed E-state index contributed by atoms with van der Waals surface area (Å²) in [5, 5.41) is 9.85. The van der Waals surface area contributed by atoms with Crippen LogP contribution in [0, 0.1) is 0 Å². The van der Waals surface area contributed by atoms with Gasteiger partial charge in [-0.15, -0.1) is 11.3 Å². The Balaban J connectivity index is 2.41. The van der Waals surface area contributed by atoms with Crippen LogP contribution in [0.15, 0.2) is 18.2 Å². The number of benzene rings is 1. The van der Waals surface area contributed by atoms with Crippen LogP contribution in [-0.4, -0.2) is 16.2 Å². The fraction of sp³-hybridized carbons (Fsp3) is 0.364. The molecule has 0 saturated heterocycles. The lowest BCUT2D eigenvalue weighted by molar-refractivity contribution is -0.137. The molecule has 17 heavy (non-hydrogen) atoms. The van der Waals surface area contributed by atoms with E-state index >= 15 is 0 Å². The van der Waals surface area contributed by atoms with Gasteiger partial charge in [-0.2, -0.15) is 13.2 Å². The average Bonchev–Trinajstić information content (AvgIpc) is 2.55. The highest BCUT2D eigenvalue weighted by Crippen LogP contribution is 2.33. The van der Waals surface area contributed by atoms with Gasteiger partial charge in [-0.25, -0.2) is 4.98 Å². The maximum Gasteiger partial charge on any atom is 0.416 e. The summed E-state index contributed by atoms with van der Waals surface area (Å²) >= 11 is 1.18. The van der Waals surface area contributed by atoms with Crippen molar-refractivity contribution in [2.75, 3.05) is 0 Å². The second-order valence-corrected chi connectivity index (χ2v) is 4.96. The Morgan fingerprint density at radius 2 is 2.12 bits per heavy atom. The minimum atomic E-state index is -4.33. The first kappa shape index (κ1) is 12.3. The number of aromatic nitrogens is 1. The maximum atomic E-state index is 12.5. The van der Waals surface area contributed by atoms with Gasteiger partial charge in [-0.05, 0) is 25.1 Å². The van der Waals surface area contributed by atoms with Gasteiger partial charge in [0, 0.05) is 6.42 Å². The van der Waals surface area contributed by atoms with Gasteiger partial charge in [0.15, 0.2) is 0 Å². The molecule has 0 aliphatic carbocycles. The average molecular weight is 261 g/mol. The van der Waals surface area contributed by atoms with Crippen LogP contribution in [-0.2, 0) is 12.6 Å². The molecule has 6 heteroatoms. The van der Waals surface area contributed by atoms with Crippen molar-refractivity contribution in [1.82, 2.24) is 4.98 Å². The highest BCUT2D eigenvalue weighted by atomic mass is 32.1. The van der Waals surface area contributed by atoms with Crippen molar-refractivity contribution in [3.8, 4) is 0 Å². The minimum Gasteiger partial charge on any atom is -0.393 e. The van der Waals surface area contributed by atoms with Gasteiger partial charge in [0.2, 0.25) is 0 Å². The normalized spacial score (nSPS) is 14.2. The molecule has 0 spiro atoms. The van der Waals surface area contributed by atoms with Gasteiger partial charge in [0.25, 0.3) is 0 Å². The summed E-state index contributed by atoms with van der Waals surface area (Å²) in [5.41, 5.74) is -0.129. The standard InChI is InChI=1S/C11H10F3NOS/c1-6(16)4-10-15-8-3-2-7(11(12,13)14)5-9(8)17-10/h2-3,5-6,16H,4H2,1H3. The molecule has 2 rings (SSSR count). The predicted octanol–water partition coefficient (Wildman–Crippen LogP) is 3.24. The first-order chi connectivity index (χ1) is 7.86.